The monoisotopic (exact) mass is 442 g/mol. The van der Waals surface area contributed by atoms with E-state index < -0.39 is 16.1 Å². The summed E-state index contributed by atoms with van der Waals surface area (Å²) >= 11 is 0. The summed E-state index contributed by atoms with van der Waals surface area (Å²) in [6.07, 6.45) is 1.32. The summed E-state index contributed by atoms with van der Waals surface area (Å²) < 4.78 is 27.2. The van der Waals surface area contributed by atoms with Gasteiger partial charge in [0.15, 0.2) is 0 Å². The fraction of sp³-hybridized carbons (Fsp3) is 0.391. The first-order valence-corrected chi connectivity index (χ1v) is 12.0. The predicted molar refractivity (Wildman–Crippen MR) is 124 cm³/mol. The third-order valence-corrected chi connectivity index (χ3v) is 6.51. The van der Waals surface area contributed by atoms with Crippen LogP contribution in [0.5, 0.6) is 0 Å². The molecule has 0 aromatic heterocycles. The Morgan fingerprint density at radius 3 is 2.48 bits per heavy atom. The molecular formula is C23H30N4O3S. The smallest absolute Gasteiger partial charge is 0.263 e. The largest absolute Gasteiger partial charge is 0.375 e. The maximum atomic E-state index is 12.8. The van der Waals surface area contributed by atoms with Crippen LogP contribution in [0, 0.1) is 5.92 Å². The van der Waals surface area contributed by atoms with Crippen LogP contribution >= 0.6 is 0 Å². The predicted octanol–water partition coefficient (Wildman–Crippen LogP) is 2.78. The molecule has 0 aliphatic carbocycles. The lowest BCUT2D eigenvalue weighted by atomic mass is 10.0. The van der Waals surface area contributed by atoms with Crippen LogP contribution in [0.25, 0.3) is 0 Å². The molecule has 0 spiro atoms. The summed E-state index contributed by atoms with van der Waals surface area (Å²) in [4.78, 5) is 19.7. The number of rotatable bonds is 9. The lowest BCUT2D eigenvalue weighted by Crippen LogP contribution is -2.37. The zero-order valence-corrected chi connectivity index (χ0v) is 19.0. The molecule has 2 N–H and O–H groups in total. The normalized spacial score (nSPS) is 16.6. The standard InChI is InChI=1S/C23H30N4O3S/c1-17(2)16-20(25-22-19-12-7-8-13-21(19)31(29,30)26-22)23(28)24-14-9-15-27(3)18-10-5-4-6-11-18/h4-8,10-13,17,20H,9,14-16H2,1-3H3,(H,24,28)(H,25,26). The Kier molecular flexibility index (Phi) is 7.33. The lowest BCUT2D eigenvalue weighted by molar-refractivity contribution is -0.122. The van der Waals surface area contributed by atoms with E-state index in [4.69, 9.17) is 0 Å². The molecule has 1 atom stereocenters. The Morgan fingerprint density at radius 2 is 1.77 bits per heavy atom. The molecule has 2 aromatic carbocycles. The Morgan fingerprint density at radius 1 is 1.10 bits per heavy atom. The third kappa shape index (κ3) is 5.85. The van der Waals surface area contributed by atoms with E-state index in [0.717, 1.165) is 18.7 Å². The first-order valence-electron chi connectivity index (χ1n) is 10.5. The van der Waals surface area contributed by atoms with Crippen LogP contribution in [0.2, 0.25) is 0 Å². The highest BCUT2D eigenvalue weighted by Gasteiger charge is 2.32. The first kappa shape index (κ1) is 22.8. The minimum Gasteiger partial charge on any atom is -0.375 e. The fourth-order valence-corrected chi connectivity index (χ4v) is 4.75. The number of fused-ring (bicyclic) bond motifs is 1. The van der Waals surface area contributed by atoms with Crippen molar-refractivity contribution in [3.8, 4) is 0 Å². The minimum atomic E-state index is -3.63. The summed E-state index contributed by atoms with van der Waals surface area (Å²) in [5.74, 6) is 0.282. The van der Waals surface area contributed by atoms with Crippen molar-refractivity contribution in [1.29, 1.82) is 0 Å². The molecule has 0 radical (unpaired) electrons. The lowest BCUT2D eigenvalue weighted by Gasteiger charge is -2.20. The van der Waals surface area contributed by atoms with Gasteiger partial charge in [0.05, 0.1) is 4.90 Å². The molecule has 3 rings (SSSR count). The number of carbonyl (C=O) groups is 1. The van der Waals surface area contributed by atoms with E-state index in [1.165, 1.54) is 0 Å². The maximum absolute atomic E-state index is 12.8. The number of hydrogen-bond donors (Lipinski definition) is 2. The molecule has 0 saturated heterocycles. The number of hydrogen-bond acceptors (Lipinski definition) is 5. The van der Waals surface area contributed by atoms with Gasteiger partial charge in [0.2, 0.25) is 5.91 Å². The van der Waals surface area contributed by atoms with Gasteiger partial charge in [-0.3, -0.25) is 14.5 Å². The first-order chi connectivity index (χ1) is 14.8. The molecule has 1 aliphatic heterocycles. The quantitative estimate of drug-likeness (QED) is 0.584. The van der Waals surface area contributed by atoms with Crippen molar-refractivity contribution in [1.82, 2.24) is 10.0 Å². The summed E-state index contributed by atoms with van der Waals surface area (Å²) in [5, 5.41) is 2.96. The summed E-state index contributed by atoms with van der Waals surface area (Å²) in [6.45, 7) is 5.36. The van der Waals surface area contributed by atoms with E-state index in [-0.39, 0.29) is 22.6 Å². The van der Waals surface area contributed by atoms with Gasteiger partial charge in [0.1, 0.15) is 11.9 Å². The Bertz CT molecular complexity index is 1040. The van der Waals surface area contributed by atoms with Crippen LogP contribution in [0.3, 0.4) is 0 Å². The topological polar surface area (TPSA) is 90.9 Å². The Balaban J connectivity index is 1.63. The van der Waals surface area contributed by atoms with E-state index in [0.29, 0.717) is 18.5 Å². The zero-order chi connectivity index (χ0) is 22.4. The second kappa shape index (κ2) is 9.96. The van der Waals surface area contributed by atoms with Crippen LogP contribution in [-0.2, 0) is 14.8 Å². The summed E-state index contributed by atoms with van der Waals surface area (Å²) in [7, 11) is -1.61. The number of sulfonamides is 1. The summed E-state index contributed by atoms with van der Waals surface area (Å²) in [6, 6.07) is 16.1. The highest BCUT2D eigenvalue weighted by atomic mass is 32.2. The molecule has 0 saturated carbocycles. The number of anilines is 1. The second-order valence-electron chi connectivity index (χ2n) is 8.13. The SMILES string of the molecule is CC(C)CC(N=C1NS(=O)(=O)c2ccccc21)C(=O)NCCCN(C)c1ccccc1. The average Bonchev–Trinajstić information content (AvgIpc) is 3.01. The zero-order valence-electron chi connectivity index (χ0n) is 18.2. The summed E-state index contributed by atoms with van der Waals surface area (Å²) in [5.41, 5.74) is 1.64. The average molecular weight is 443 g/mol. The van der Waals surface area contributed by atoms with Crippen molar-refractivity contribution in [3.63, 3.8) is 0 Å². The van der Waals surface area contributed by atoms with Gasteiger partial charge in [-0.05, 0) is 43.0 Å². The van der Waals surface area contributed by atoms with Gasteiger partial charge in [0.25, 0.3) is 10.0 Å². The van der Waals surface area contributed by atoms with E-state index >= 15 is 0 Å². The molecule has 166 valence electrons. The molecule has 8 heteroatoms. The van der Waals surface area contributed by atoms with Crippen molar-refractivity contribution in [2.24, 2.45) is 10.9 Å². The molecule has 7 nitrogen and oxygen atoms in total. The molecule has 1 unspecified atom stereocenters. The van der Waals surface area contributed by atoms with Crippen LogP contribution in [0.15, 0.2) is 64.5 Å². The number of carbonyl (C=O) groups excluding carboxylic acids is 1. The van der Waals surface area contributed by atoms with Crippen molar-refractivity contribution in [2.75, 3.05) is 25.0 Å². The molecule has 0 fully saturated rings. The van der Waals surface area contributed by atoms with Crippen LogP contribution in [0.4, 0.5) is 5.69 Å². The third-order valence-electron chi connectivity index (χ3n) is 5.11. The van der Waals surface area contributed by atoms with Crippen molar-refractivity contribution in [2.45, 2.75) is 37.6 Å². The van der Waals surface area contributed by atoms with Crippen LogP contribution in [-0.4, -0.2) is 46.3 Å². The van der Waals surface area contributed by atoms with Gasteiger partial charge >= 0.3 is 0 Å². The molecule has 0 bridgehead atoms. The second-order valence-corrected chi connectivity index (χ2v) is 9.78. The minimum absolute atomic E-state index is 0.188. The van der Waals surface area contributed by atoms with Gasteiger partial charge in [-0.25, -0.2) is 8.42 Å². The molecule has 1 aliphatic rings. The van der Waals surface area contributed by atoms with Gasteiger partial charge in [-0.15, -0.1) is 0 Å². The van der Waals surface area contributed by atoms with Crippen molar-refractivity contribution >= 4 is 27.5 Å². The number of amides is 1. The number of para-hydroxylation sites is 1. The number of nitrogens with zero attached hydrogens (tertiary/aromatic N) is 2. The Hall–Kier alpha value is -2.87. The van der Waals surface area contributed by atoms with E-state index in [2.05, 4.69) is 19.9 Å². The van der Waals surface area contributed by atoms with E-state index in [9.17, 15) is 13.2 Å². The highest BCUT2D eigenvalue weighted by Crippen LogP contribution is 2.23. The number of nitrogens with one attached hydrogen (secondary N) is 2. The van der Waals surface area contributed by atoms with Crippen molar-refractivity contribution < 1.29 is 13.2 Å². The van der Waals surface area contributed by atoms with E-state index in [1.54, 1.807) is 24.3 Å². The fourth-order valence-electron chi connectivity index (χ4n) is 3.51. The van der Waals surface area contributed by atoms with Crippen LogP contribution < -0.4 is 14.9 Å². The van der Waals surface area contributed by atoms with Gasteiger partial charge in [-0.1, -0.05) is 44.2 Å². The highest BCUT2D eigenvalue weighted by molar-refractivity contribution is 7.90. The Labute approximate surface area is 184 Å². The van der Waals surface area contributed by atoms with Gasteiger partial charge in [0, 0.05) is 31.4 Å². The van der Waals surface area contributed by atoms with Gasteiger partial charge in [-0.2, -0.15) is 0 Å². The number of aliphatic imine (C=N–C) groups is 1. The molecule has 1 heterocycles. The number of amidine groups is 1. The maximum Gasteiger partial charge on any atom is 0.263 e. The molecule has 31 heavy (non-hydrogen) atoms. The number of benzene rings is 2. The molecule has 1 amide bonds. The van der Waals surface area contributed by atoms with E-state index in [1.807, 2.05) is 51.2 Å². The molecule has 2 aromatic rings. The van der Waals surface area contributed by atoms with Crippen molar-refractivity contribution in [3.05, 3.63) is 60.2 Å². The molecular weight excluding hydrogens is 412 g/mol. The van der Waals surface area contributed by atoms with Crippen LogP contribution in [0.1, 0.15) is 32.3 Å². The van der Waals surface area contributed by atoms with Gasteiger partial charge < -0.3 is 10.2 Å².